The van der Waals surface area contributed by atoms with Gasteiger partial charge in [-0.25, -0.2) is 9.97 Å². The lowest BCUT2D eigenvalue weighted by molar-refractivity contribution is -0.129. The quantitative estimate of drug-likeness (QED) is 0.298. The summed E-state index contributed by atoms with van der Waals surface area (Å²) in [6, 6.07) is 17.6. The number of imidazole rings is 1. The molecule has 4 heterocycles. The fourth-order valence-electron chi connectivity index (χ4n) is 4.40. The van der Waals surface area contributed by atoms with Gasteiger partial charge in [0, 0.05) is 18.3 Å². The summed E-state index contributed by atoms with van der Waals surface area (Å²) in [7, 11) is 0. The molecule has 7 nitrogen and oxygen atoms in total. The lowest BCUT2D eigenvalue weighted by Crippen LogP contribution is -2.34. The highest BCUT2D eigenvalue weighted by molar-refractivity contribution is 7.98. The minimum atomic E-state index is -0.0583. The lowest BCUT2D eigenvalue weighted by Gasteiger charge is -2.25. The first kappa shape index (κ1) is 21.1. The fraction of sp³-hybridized carbons (Fsp3) is 0.200. The van der Waals surface area contributed by atoms with Crippen LogP contribution in [0.5, 0.6) is 0 Å². The van der Waals surface area contributed by atoms with Crippen LogP contribution < -0.4 is 5.56 Å². The van der Waals surface area contributed by atoms with Crippen molar-refractivity contribution >= 4 is 50.3 Å². The molecule has 0 radical (unpaired) electrons. The number of nitrogens with zero attached hydrogens (tertiary/aromatic N) is 4. The molecule has 6 rings (SSSR count). The number of fused-ring (bicyclic) bond motifs is 4. The van der Waals surface area contributed by atoms with Gasteiger partial charge in [-0.1, -0.05) is 42.1 Å². The van der Waals surface area contributed by atoms with Gasteiger partial charge in [0.05, 0.1) is 34.4 Å². The molecule has 1 N–H and O–H groups in total. The maximum atomic E-state index is 13.9. The highest BCUT2D eigenvalue weighted by atomic mass is 32.2. The number of aromatic nitrogens is 4. The number of hydrogen-bond acceptors (Lipinski definition) is 6. The number of hydrogen-bond donors (Lipinski definition) is 1. The van der Waals surface area contributed by atoms with Gasteiger partial charge in [0.25, 0.3) is 5.56 Å². The second-order valence-corrected chi connectivity index (χ2v) is 10.3. The molecule has 0 unspecified atom stereocenters. The number of rotatable bonds is 4. The SMILES string of the molecule is CC(=O)N1CCc2c(sc3nc(SCc4nc5ccccc5[nH]4)n(-c4ccccc4)c(=O)c23)C1. The first-order chi connectivity index (χ1) is 16.6. The molecule has 1 aliphatic rings. The molecular formula is C25H21N5O2S2. The van der Waals surface area contributed by atoms with Crippen LogP contribution in [0.15, 0.2) is 64.5 Å². The van der Waals surface area contributed by atoms with Crippen molar-refractivity contribution in [2.75, 3.05) is 6.54 Å². The van der Waals surface area contributed by atoms with E-state index in [1.165, 1.54) is 23.1 Å². The van der Waals surface area contributed by atoms with E-state index in [-0.39, 0.29) is 11.5 Å². The monoisotopic (exact) mass is 487 g/mol. The summed E-state index contributed by atoms with van der Waals surface area (Å²) in [5.74, 6) is 1.45. The summed E-state index contributed by atoms with van der Waals surface area (Å²) < 4.78 is 1.71. The maximum Gasteiger partial charge on any atom is 0.267 e. The van der Waals surface area contributed by atoms with E-state index in [4.69, 9.17) is 4.98 Å². The number of para-hydroxylation sites is 3. The topological polar surface area (TPSA) is 83.9 Å². The van der Waals surface area contributed by atoms with Gasteiger partial charge in [-0.3, -0.25) is 14.2 Å². The van der Waals surface area contributed by atoms with E-state index < -0.39 is 0 Å². The van der Waals surface area contributed by atoms with Crippen molar-refractivity contribution in [3.05, 3.63) is 81.2 Å². The van der Waals surface area contributed by atoms with Crippen molar-refractivity contribution in [2.24, 2.45) is 0 Å². The average molecular weight is 488 g/mol. The normalized spacial score (nSPS) is 13.5. The second-order valence-electron chi connectivity index (χ2n) is 8.23. The molecule has 0 atom stereocenters. The van der Waals surface area contributed by atoms with Crippen LogP contribution >= 0.6 is 23.1 Å². The third-order valence-corrected chi connectivity index (χ3v) is 8.14. The molecule has 170 valence electrons. The van der Waals surface area contributed by atoms with Gasteiger partial charge in [0.15, 0.2) is 5.16 Å². The van der Waals surface area contributed by atoms with Crippen molar-refractivity contribution in [1.29, 1.82) is 0 Å². The lowest BCUT2D eigenvalue weighted by atomic mass is 10.1. The van der Waals surface area contributed by atoms with Crippen LogP contribution in [0, 0.1) is 0 Å². The van der Waals surface area contributed by atoms with Crippen molar-refractivity contribution in [3.63, 3.8) is 0 Å². The van der Waals surface area contributed by atoms with Crippen molar-refractivity contribution in [3.8, 4) is 5.69 Å². The summed E-state index contributed by atoms with van der Waals surface area (Å²) in [5.41, 5.74) is 3.67. The Morgan fingerprint density at radius 2 is 1.91 bits per heavy atom. The first-order valence-electron chi connectivity index (χ1n) is 11.0. The molecule has 1 amide bonds. The van der Waals surface area contributed by atoms with Crippen molar-refractivity contribution < 1.29 is 4.79 Å². The van der Waals surface area contributed by atoms with Crippen LogP contribution in [-0.4, -0.2) is 36.9 Å². The molecule has 3 aromatic heterocycles. The van der Waals surface area contributed by atoms with Crippen LogP contribution in [0.25, 0.3) is 26.9 Å². The Kier molecular flexibility index (Phi) is 5.23. The summed E-state index contributed by atoms with van der Waals surface area (Å²) in [5, 5.41) is 1.31. The number of carbonyl (C=O) groups excluding carboxylic acids is 1. The van der Waals surface area contributed by atoms with Crippen LogP contribution in [0.2, 0.25) is 0 Å². The van der Waals surface area contributed by atoms with E-state index >= 15 is 0 Å². The Hall–Kier alpha value is -3.43. The standard InChI is InChI=1S/C25H21N5O2S2/c1-15(31)29-12-11-17-20(13-29)34-23-22(17)24(32)30(16-7-3-2-4-8-16)25(28-23)33-14-21-26-18-9-5-6-10-19(18)27-21/h2-10H,11-14H2,1H3,(H,26,27). The van der Waals surface area contributed by atoms with E-state index in [9.17, 15) is 9.59 Å². The maximum absolute atomic E-state index is 13.9. The highest BCUT2D eigenvalue weighted by Gasteiger charge is 2.26. The molecule has 0 saturated carbocycles. The van der Waals surface area contributed by atoms with Crippen LogP contribution in [-0.2, 0) is 23.5 Å². The van der Waals surface area contributed by atoms with Crippen molar-refractivity contribution in [1.82, 2.24) is 24.4 Å². The predicted molar refractivity (Wildman–Crippen MR) is 136 cm³/mol. The Morgan fingerprint density at radius 3 is 2.71 bits per heavy atom. The van der Waals surface area contributed by atoms with Crippen LogP contribution in [0.3, 0.4) is 0 Å². The molecule has 34 heavy (non-hydrogen) atoms. The third kappa shape index (κ3) is 3.61. The van der Waals surface area contributed by atoms with Gasteiger partial charge >= 0.3 is 0 Å². The summed E-state index contributed by atoms with van der Waals surface area (Å²) in [6.07, 6.45) is 0.673. The molecule has 1 aliphatic heterocycles. The second kappa shape index (κ2) is 8.41. The van der Waals surface area contributed by atoms with E-state index in [2.05, 4.69) is 9.97 Å². The van der Waals surface area contributed by atoms with Gasteiger partial charge in [-0.15, -0.1) is 11.3 Å². The number of benzene rings is 2. The van der Waals surface area contributed by atoms with Gasteiger partial charge in [-0.2, -0.15) is 0 Å². The molecule has 0 bridgehead atoms. The Labute approximate surface area is 203 Å². The molecule has 2 aromatic carbocycles. The number of aromatic amines is 1. The van der Waals surface area contributed by atoms with Gasteiger partial charge in [0.1, 0.15) is 10.7 Å². The molecule has 0 spiro atoms. The number of thioether (sulfide) groups is 1. The zero-order valence-corrected chi connectivity index (χ0v) is 20.1. The van der Waals surface area contributed by atoms with Crippen LogP contribution in [0.4, 0.5) is 0 Å². The van der Waals surface area contributed by atoms with Crippen molar-refractivity contribution in [2.45, 2.75) is 30.8 Å². The molecule has 0 fully saturated rings. The number of nitrogens with one attached hydrogen (secondary N) is 1. The Morgan fingerprint density at radius 1 is 1.12 bits per heavy atom. The van der Waals surface area contributed by atoms with Gasteiger partial charge < -0.3 is 9.88 Å². The van der Waals surface area contributed by atoms with E-state index in [1.54, 1.807) is 11.5 Å². The Bertz CT molecular complexity index is 1570. The first-order valence-corrected chi connectivity index (χ1v) is 12.8. The molecule has 5 aromatic rings. The average Bonchev–Trinajstić information content (AvgIpc) is 3.43. The number of amides is 1. The number of thiophene rings is 1. The fourth-order valence-corrected chi connectivity index (χ4v) is 6.56. The van der Waals surface area contributed by atoms with Gasteiger partial charge in [0.2, 0.25) is 5.91 Å². The zero-order chi connectivity index (χ0) is 23.2. The Balaban J connectivity index is 1.45. The largest absolute Gasteiger partial charge is 0.341 e. The molecule has 9 heteroatoms. The minimum absolute atomic E-state index is 0.0554. The molecular weight excluding hydrogens is 466 g/mol. The van der Waals surface area contributed by atoms with E-state index in [0.717, 1.165) is 37.8 Å². The third-order valence-electron chi connectivity index (χ3n) is 6.08. The predicted octanol–water partition coefficient (Wildman–Crippen LogP) is 4.52. The smallest absolute Gasteiger partial charge is 0.267 e. The molecule has 0 aliphatic carbocycles. The van der Waals surface area contributed by atoms with Gasteiger partial charge in [-0.05, 0) is 36.2 Å². The van der Waals surface area contributed by atoms with Crippen LogP contribution in [0.1, 0.15) is 23.2 Å². The van der Waals surface area contributed by atoms with E-state index in [1.807, 2.05) is 59.5 Å². The summed E-state index contributed by atoms with van der Waals surface area (Å²) in [4.78, 5) is 42.4. The number of carbonyl (C=O) groups is 1. The highest BCUT2D eigenvalue weighted by Crippen LogP contribution is 2.34. The van der Waals surface area contributed by atoms with E-state index in [0.29, 0.717) is 35.8 Å². The summed E-state index contributed by atoms with van der Waals surface area (Å²) >= 11 is 3.01. The minimum Gasteiger partial charge on any atom is -0.341 e. The number of H-pyrrole nitrogens is 1. The summed E-state index contributed by atoms with van der Waals surface area (Å²) in [6.45, 7) is 2.76. The molecule has 0 saturated heterocycles. The zero-order valence-electron chi connectivity index (χ0n) is 18.4.